The highest BCUT2D eigenvalue weighted by molar-refractivity contribution is 6.31. The number of hydrogen-bond donors (Lipinski definition) is 1. The van der Waals surface area contributed by atoms with Crippen LogP contribution in [0.15, 0.2) is 29.1 Å². The molecule has 5 heteroatoms. The molecule has 0 amide bonds. The van der Waals surface area contributed by atoms with E-state index in [0.717, 1.165) is 22.1 Å². The van der Waals surface area contributed by atoms with Gasteiger partial charge >= 0.3 is 0 Å². The van der Waals surface area contributed by atoms with E-state index >= 15 is 0 Å². The molecule has 1 N–H and O–H groups in total. The summed E-state index contributed by atoms with van der Waals surface area (Å²) in [6.07, 6.45) is 0.586. The lowest BCUT2D eigenvalue weighted by atomic mass is 9.90. The summed E-state index contributed by atoms with van der Waals surface area (Å²) in [7, 11) is 1.55. The number of fused-ring (bicyclic) bond motifs is 1. The highest BCUT2D eigenvalue weighted by atomic mass is 35.5. The fourth-order valence-electron chi connectivity index (χ4n) is 3.21. The number of H-pyrrole nitrogens is 1. The Kier molecular flexibility index (Phi) is 4.39. The minimum Gasteiger partial charge on any atom is -0.496 e. The van der Waals surface area contributed by atoms with Crippen molar-refractivity contribution < 1.29 is 9.53 Å². The normalized spacial score (nSPS) is 10.9. The van der Waals surface area contributed by atoms with Gasteiger partial charge in [0.25, 0.3) is 5.56 Å². The summed E-state index contributed by atoms with van der Waals surface area (Å²) in [5.74, 6) is 0.553. The third-order valence-electron chi connectivity index (χ3n) is 4.72. The van der Waals surface area contributed by atoms with Gasteiger partial charge in [-0.3, -0.25) is 9.59 Å². The van der Waals surface area contributed by atoms with Gasteiger partial charge in [0.15, 0.2) is 6.29 Å². The van der Waals surface area contributed by atoms with Crippen LogP contribution in [0.4, 0.5) is 0 Å². The minimum absolute atomic E-state index is 0.0689. The second kappa shape index (κ2) is 6.37. The number of rotatable bonds is 3. The number of carbonyl (C=O) groups excluding carboxylic acids is 1. The summed E-state index contributed by atoms with van der Waals surface area (Å²) in [6, 6.07) is 7.09. The van der Waals surface area contributed by atoms with Crippen LogP contribution in [0.25, 0.3) is 22.0 Å². The number of benzene rings is 2. The fraction of sp³-hybridized carbons (Fsp3) is 0.200. The second-order valence-corrected chi connectivity index (χ2v) is 6.51. The highest BCUT2D eigenvalue weighted by Crippen LogP contribution is 2.39. The van der Waals surface area contributed by atoms with Crippen molar-refractivity contribution in [2.75, 3.05) is 7.11 Å². The molecular formula is C20H18ClNO3. The zero-order valence-electron chi connectivity index (χ0n) is 14.5. The number of aldehydes is 1. The molecule has 0 aliphatic rings. The Hall–Kier alpha value is -2.59. The molecule has 0 radical (unpaired) electrons. The Balaban J connectivity index is 2.62. The van der Waals surface area contributed by atoms with Gasteiger partial charge < -0.3 is 9.72 Å². The van der Waals surface area contributed by atoms with Gasteiger partial charge in [-0.15, -0.1) is 0 Å². The first kappa shape index (κ1) is 17.2. The molecular weight excluding hydrogens is 338 g/mol. The molecule has 0 saturated carbocycles. The van der Waals surface area contributed by atoms with Crippen molar-refractivity contribution in [3.63, 3.8) is 0 Å². The van der Waals surface area contributed by atoms with Crippen LogP contribution in [0, 0.1) is 20.8 Å². The molecule has 0 atom stereocenters. The van der Waals surface area contributed by atoms with Crippen LogP contribution in [0.1, 0.15) is 27.0 Å². The van der Waals surface area contributed by atoms with E-state index in [1.807, 2.05) is 26.8 Å². The van der Waals surface area contributed by atoms with Crippen LogP contribution >= 0.6 is 11.6 Å². The van der Waals surface area contributed by atoms with Crippen LogP contribution in [0.5, 0.6) is 5.75 Å². The van der Waals surface area contributed by atoms with Crippen LogP contribution in [-0.4, -0.2) is 18.4 Å². The first-order valence-electron chi connectivity index (χ1n) is 7.85. The van der Waals surface area contributed by atoms with E-state index in [1.54, 1.807) is 25.3 Å². The summed E-state index contributed by atoms with van der Waals surface area (Å²) < 4.78 is 5.45. The molecule has 3 rings (SSSR count). The monoisotopic (exact) mass is 355 g/mol. The van der Waals surface area contributed by atoms with E-state index in [-0.39, 0.29) is 5.56 Å². The summed E-state index contributed by atoms with van der Waals surface area (Å²) >= 11 is 6.18. The van der Waals surface area contributed by atoms with Gasteiger partial charge in [0.2, 0.25) is 0 Å². The van der Waals surface area contributed by atoms with Gasteiger partial charge in [-0.05, 0) is 61.7 Å². The van der Waals surface area contributed by atoms with Crippen LogP contribution in [0.2, 0.25) is 5.02 Å². The number of aromatic nitrogens is 1. The van der Waals surface area contributed by atoms with E-state index in [2.05, 4.69) is 4.98 Å². The van der Waals surface area contributed by atoms with Crippen LogP contribution in [0.3, 0.4) is 0 Å². The maximum absolute atomic E-state index is 12.5. The Morgan fingerprint density at radius 1 is 1.12 bits per heavy atom. The van der Waals surface area contributed by atoms with Crippen LogP contribution in [-0.2, 0) is 0 Å². The molecule has 0 fully saturated rings. The maximum atomic E-state index is 12.5. The molecule has 128 valence electrons. The lowest BCUT2D eigenvalue weighted by molar-refractivity contribution is 0.112. The smallest absolute Gasteiger partial charge is 0.259 e. The largest absolute Gasteiger partial charge is 0.496 e. The summed E-state index contributed by atoms with van der Waals surface area (Å²) in [6.45, 7) is 6.00. The first-order valence-corrected chi connectivity index (χ1v) is 8.22. The molecule has 0 saturated heterocycles. The zero-order valence-corrected chi connectivity index (χ0v) is 15.2. The molecule has 2 aromatic carbocycles. The predicted molar refractivity (Wildman–Crippen MR) is 101 cm³/mol. The Morgan fingerprint density at radius 2 is 1.84 bits per heavy atom. The van der Waals surface area contributed by atoms with Crippen molar-refractivity contribution >= 4 is 28.8 Å². The highest BCUT2D eigenvalue weighted by Gasteiger charge is 2.20. The van der Waals surface area contributed by atoms with E-state index < -0.39 is 5.56 Å². The van der Waals surface area contributed by atoms with Crippen molar-refractivity contribution in [3.8, 4) is 16.9 Å². The topological polar surface area (TPSA) is 59.2 Å². The standard InChI is InChI=1S/C20H18ClNO3/c1-10-7-16-18(12(3)11(10)2)19(15(9-23)20(24)22-16)14-8-13(21)5-6-17(14)25-4/h5-9H,1-4H3,(H,22,24). The van der Waals surface area contributed by atoms with Gasteiger partial charge in [-0.25, -0.2) is 0 Å². The van der Waals surface area contributed by atoms with Crippen molar-refractivity contribution in [1.82, 2.24) is 4.98 Å². The molecule has 3 aromatic rings. The SMILES string of the molecule is COc1ccc(Cl)cc1-c1c(C=O)c(=O)[nH]c2cc(C)c(C)c(C)c12. The third-order valence-corrected chi connectivity index (χ3v) is 4.96. The van der Waals surface area contributed by atoms with Gasteiger partial charge in [0, 0.05) is 27.1 Å². The molecule has 0 aliphatic carbocycles. The summed E-state index contributed by atoms with van der Waals surface area (Å²) in [5.41, 5.74) is 4.69. The molecule has 0 bridgehead atoms. The Bertz CT molecular complexity index is 1070. The number of hydrogen-bond acceptors (Lipinski definition) is 3. The molecule has 0 unspecified atom stereocenters. The quantitative estimate of drug-likeness (QED) is 0.699. The number of aryl methyl sites for hydroxylation is 2. The number of ether oxygens (including phenoxy) is 1. The van der Waals surface area contributed by atoms with Crippen LogP contribution < -0.4 is 10.3 Å². The predicted octanol–water partition coefficient (Wildman–Crippen LogP) is 4.59. The lowest BCUT2D eigenvalue weighted by Crippen LogP contribution is -2.15. The first-order chi connectivity index (χ1) is 11.9. The van der Waals surface area contributed by atoms with E-state index in [1.165, 1.54) is 0 Å². The average Bonchev–Trinajstić information content (AvgIpc) is 2.58. The van der Waals surface area contributed by atoms with E-state index in [4.69, 9.17) is 16.3 Å². The molecule has 0 aliphatic heterocycles. The van der Waals surface area contributed by atoms with E-state index in [9.17, 15) is 9.59 Å². The van der Waals surface area contributed by atoms with E-state index in [0.29, 0.717) is 33.7 Å². The van der Waals surface area contributed by atoms with Gasteiger partial charge in [-0.2, -0.15) is 0 Å². The Labute approximate surface area is 150 Å². The maximum Gasteiger partial charge on any atom is 0.259 e. The fourth-order valence-corrected chi connectivity index (χ4v) is 3.38. The van der Waals surface area contributed by atoms with Gasteiger partial charge in [0.1, 0.15) is 5.75 Å². The van der Waals surface area contributed by atoms with Gasteiger partial charge in [0.05, 0.1) is 12.7 Å². The number of carbonyl (C=O) groups is 1. The molecule has 25 heavy (non-hydrogen) atoms. The molecule has 4 nitrogen and oxygen atoms in total. The van der Waals surface area contributed by atoms with Crippen molar-refractivity contribution in [1.29, 1.82) is 0 Å². The summed E-state index contributed by atoms with van der Waals surface area (Å²) in [4.78, 5) is 27.0. The van der Waals surface area contributed by atoms with Gasteiger partial charge in [-0.1, -0.05) is 11.6 Å². The van der Waals surface area contributed by atoms with Crippen molar-refractivity contribution in [2.45, 2.75) is 20.8 Å². The number of pyridine rings is 1. The lowest BCUT2D eigenvalue weighted by Gasteiger charge is -2.17. The number of methoxy groups -OCH3 is 1. The summed E-state index contributed by atoms with van der Waals surface area (Å²) in [5, 5.41) is 1.33. The average molecular weight is 356 g/mol. The number of halogens is 1. The second-order valence-electron chi connectivity index (χ2n) is 6.07. The zero-order chi connectivity index (χ0) is 18.3. The Morgan fingerprint density at radius 3 is 2.48 bits per heavy atom. The number of nitrogens with one attached hydrogen (secondary N) is 1. The molecule has 1 heterocycles. The van der Waals surface area contributed by atoms with Crippen molar-refractivity contribution in [3.05, 3.63) is 61.9 Å². The molecule has 1 aromatic heterocycles. The third kappa shape index (κ3) is 2.72. The molecule has 0 spiro atoms. The minimum atomic E-state index is -0.429. The van der Waals surface area contributed by atoms with Crippen molar-refractivity contribution in [2.24, 2.45) is 0 Å². The number of aromatic amines is 1.